The highest BCUT2D eigenvalue weighted by molar-refractivity contribution is 5.71. The van der Waals surface area contributed by atoms with Crippen molar-refractivity contribution in [2.45, 2.75) is 252 Å². The van der Waals surface area contributed by atoms with Crippen LogP contribution in [-0.2, 0) is 28.6 Å². The molecular weight excluding hydrogens is 889 g/mol. The summed E-state index contributed by atoms with van der Waals surface area (Å²) in [5.74, 6) is -0.977. The summed E-state index contributed by atoms with van der Waals surface area (Å²) in [5, 5.41) is 0. The lowest BCUT2D eigenvalue weighted by atomic mass is 10.1. The van der Waals surface area contributed by atoms with Crippen LogP contribution in [0.4, 0.5) is 0 Å². The Bertz CT molecular complexity index is 1560. The Hall–Kier alpha value is -4.45. The molecule has 1 unspecified atom stereocenters. The van der Waals surface area contributed by atoms with Gasteiger partial charge in [0.15, 0.2) is 6.10 Å². The topological polar surface area (TPSA) is 78.9 Å². The van der Waals surface area contributed by atoms with E-state index in [0.29, 0.717) is 25.7 Å². The van der Waals surface area contributed by atoms with E-state index in [1.807, 2.05) is 0 Å². The average Bonchev–Trinajstić information content (AvgIpc) is 3.38. The molecule has 0 amide bonds. The highest BCUT2D eigenvalue weighted by Gasteiger charge is 2.19. The van der Waals surface area contributed by atoms with E-state index in [4.69, 9.17) is 14.2 Å². The first-order chi connectivity index (χ1) is 35.5. The lowest BCUT2D eigenvalue weighted by molar-refractivity contribution is -0.167. The van der Waals surface area contributed by atoms with Gasteiger partial charge in [0.2, 0.25) is 0 Å². The van der Waals surface area contributed by atoms with Crippen LogP contribution >= 0.6 is 0 Å². The van der Waals surface area contributed by atoms with Gasteiger partial charge in [-0.3, -0.25) is 14.4 Å². The zero-order valence-corrected chi connectivity index (χ0v) is 46.4. The van der Waals surface area contributed by atoms with E-state index >= 15 is 0 Å². The Kier molecular flexibility index (Phi) is 55.5. The number of hydrogen-bond acceptors (Lipinski definition) is 6. The van der Waals surface area contributed by atoms with Crippen LogP contribution in [-0.4, -0.2) is 37.2 Å². The second-order valence-electron chi connectivity index (χ2n) is 18.8. The minimum Gasteiger partial charge on any atom is -0.462 e. The predicted molar refractivity (Wildman–Crippen MR) is 311 cm³/mol. The third-order valence-corrected chi connectivity index (χ3v) is 11.9. The maximum atomic E-state index is 12.9. The first-order valence-corrected chi connectivity index (χ1v) is 29.2. The molecule has 0 radical (unpaired) electrons. The van der Waals surface area contributed by atoms with Gasteiger partial charge >= 0.3 is 17.9 Å². The summed E-state index contributed by atoms with van der Waals surface area (Å²) >= 11 is 0. The van der Waals surface area contributed by atoms with Gasteiger partial charge < -0.3 is 14.2 Å². The Labute approximate surface area is 443 Å². The van der Waals surface area contributed by atoms with Gasteiger partial charge in [0.05, 0.1) is 0 Å². The normalized spacial score (nSPS) is 13.1. The largest absolute Gasteiger partial charge is 0.462 e. The molecule has 0 aromatic heterocycles. The fourth-order valence-electron chi connectivity index (χ4n) is 7.55. The predicted octanol–water partition coefficient (Wildman–Crippen LogP) is 19.8. The molecule has 0 N–H and O–H groups in total. The smallest absolute Gasteiger partial charge is 0.306 e. The van der Waals surface area contributed by atoms with Crippen molar-refractivity contribution in [1.82, 2.24) is 0 Å². The summed E-state index contributed by atoms with van der Waals surface area (Å²) in [7, 11) is 0. The highest BCUT2D eigenvalue weighted by atomic mass is 16.6. The molecule has 0 aromatic carbocycles. The fourth-order valence-corrected chi connectivity index (χ4v) is 7.55. The molecule has 0 aliphatic rings. The van der Waals surface area contributed by atoms with E-state index in [2.05, 4.69) is 154 Å². The molecule has 0 bridgehead atoms. The van der Waals surface area contributed by atoms with Crippen LogP contribution in [0.15, 0.2) is 134 Å². The first kappa shape index (κ1) is 67.5. The summed E-state index contributed by atoms with van der Waals surface area (Å²) < 4.78 is 16.8. The molecule has 0 spiro atoms. The number of unbranched alkanes of at least 4 members (excludes halogenated alkanes) is 18. The molecule has 0 heterocycles. The van der Waals surface area contributed by atoms with E-state index in [-0.39, 0.29) is 31.1 Å². The van der Waals surface area contributed by atoms with E-state index in [1.54, 1.807) is 0 Å². The molecule has 0 aliphatic carbocycles. The SMILES string of the molecule is CC/C=C\C/C=C\C/C=C\C/C=C\C/C=C\C/C=C\CCCCC(=O)OCC(COC(=O)CCCCCCC/C=C\CCCCCCC)OC(=O)CCCCCCCC/C=C\C/C=C\C/C=C\C/C=C\CC. The van der Waals surface area contributed by atoms with Crippen molar-refractivity contribution in [3.05, 3.63) is 134 Å². The van der Waals surface area contributed by atoms with Crippen molar-refractivity contribution >= 4 is 17.9 Å². The molecule has 6 nitrogen and oxygen atoms in total. The molecule has 0 fully saturated rings. The molecule has 0 rings (SSSR count). The van der Waals surface area contributed by atoms with Gasteiger partial charge in [0.1, 0.15) is 13.2 Å². The molecular formula is C66H106O6. The zero-order valence-electron chi connectivity index (χ0n) is 46.4. The molecule has 0 aromatic rings. The lowest BCUT2D eigenvalue weighted by Gasteiger charge is -2.18. The number of rotatable bonds is 51. The Morgan fingerprint density at radius 3 is 0.889 bits per heavy atom. The van der Waals surface area contributed by atoms with E-state index in [9.17, 15) is 14.4 Å². The van der Waals surface area contributed by atoms with Gasteiger partial charge in [0, 0.05) is 19.3 Å². The molecule has 6 heteroatoms. The van der Waals surface area contributed by atoms with Gasteiger partial charge in [-0.1, -0.05) is 225 Å². The van der Waals surface area contributed by atoms with Crippen LogP contribution in [0.1, 0.15) is 245 Å². The van der Waals surface area contributed by atoms with Crippen LogP contribution in [0.25, 0.3) is 0 Å². The molecule has 406 valence electrons. The molecule has 1 atom stereocenters. The standard InChI is InChI=1S/C66H106O6/c1-4-7-10-13-16-19-22-25-28-30-32-33-35-36-38-41-44-47-50-53-56-59-65(68)71-62-63(61-70-64(67)58-55-52-49-46-43-40-27-24-21-18-15-12-9-6-3)72-66(69)60-57-54-51-48-45-42-39-37-34-31-29-26-23-20-17-14-11-8-5-2/h7-8,10-11,16-17,19-20,24-29,32-34,36-38,44,47,63H,4-6,9,12-15,18,21-23,30-31,35,39-43,45-46,48-62H2,1-3H3/b10-7-,11-8-,19-16-,20-17-,27-24-,28-25-,29-26-,33-32-,37-34-,38-36-,47-44-. The van der Waals surface area contributed by atoms with Crippen LogP contribution in [0, 0.1) is 0 Å². The van der Waals surface area contributed by atoms with Gasteiger partial charge in [-0.15, -0.1) is 0 Å². The van der Waals surface area contributed by atoms with Crippen molar-refractivity contribution < 1.29 is 28.6 Å². The van der Waals surface area contributed by atoms with E-state index in [1.165, 1.54) is 57.8 Å². The average molecular weight is 996 g/mol. The highest BCUT2D eigenvalue weighted by Crippen LogP contribution is 2.13. The first-order valence-electron chi connectivity index (χ1n) is 29.2. The van der Waals surface area contributed by atoms with Crippen molar-refractivity contribution in [2.75, 3.05) is 13.2 Å². The molecule has 0 aliphatic heterocycles. The number of ether oxygens (including phenoxy) is 3. The minimum absolute atomic E-state index is 0.106. The van der Waals surface area contributed by atoms with Crippen LogP contribution in [0.2, 0.25) is 0 Å². The van der Waals surface area contributed by atoms with Crippen LogP contribution in [0.5, 0.6) is 0 Å². The fraction of sp³-hybridized carbons (Fsp3) is 0.621. The molecule has 72 heavy (non-hydrogen) atoms. The zero-order chi connectivity index (χ0) is 52.2. The number of carbonyl (C=O) groups excluding carboxylic acids is 3. The lowest BCUT2D eigenvalue weighted by Crippen LogP contribution is -2.30. The van der Waals surface area contributed by atoms with Gasteiger partial charge in [-0.25, -0.2) is 0 Å². The summed E-state index contributed by atoms with van der Waals surface area (Å²) in [6.07, 6.45) is 82.9. The van der Waals surface area contributed by atoms with E-state index < -0.39 is 6.10 Å². The number of esters is 3. The maximum Gasteiger partial charge on any atom is 0.306 e. The molecule has 0 saturated heterocycles. The third kappa shape index (κ3) is 56.5. The summed E-state index contributed by atoms with van der Waals surface area (Å²) in [4.78, 5) is 38.2. The quantitative estimate of drug-likeness (QED) is 0.0261. The van der Waals surface area contributed by atoms with Gasteiger partial charge in [-0.2, -0.15) is 0 Å². The van der Waals surface area contributed by atoms with Crippen molar-refractivity contribution in [3.8, 4) is 0 Å². The second-order valence-corrected chi connectivity index (χ2v) is 18.8. The number of allylic oxidation sites excluding steroid dienone is 22. The monoisotopic (exact) mass is 995 g/mol. The van der Waals surface area contributed by atoms with Crippen molar-refractivity contribution in [3.63, 3.8) is 0 Å². The van der Waals surface area contributed by atoms with Crippen LogP contribution in [0.3, 0.4) is 0 Å². The Morgan fingerprint density at radius 2 is 0.542 bits per heavy atom. The Morgan fingerprint density at radius 1 is 0.292 bits per heavy atom. The minimum atomic E-state index is -0.813. The Balaban J connectivity index is 4.52. The van der Waals surface area contributed by atoms with Crippen LogP contribution < -0.4 is 0 Å². The summed E-state index contributed by atoms with van der Waals surface area (Å²) in [6.45, 7) is 6.34. The van der Waals surface area contributed by atoms with E-state index in [0.717, 1.165) is 141 Å². The third-order valence-electron chi connectivity index (χ3n) is 11.9. The molecule has 0 saturated carbocycles. The number of carbonyl (C=O) groups is 3. The number of hydrogen-bond donors (Lipinski definition) is 0. The second kappa shape index (κ2) is 59.1. The van der Waals surface area contributed by atoms with Crippen molar-refractivity contribution in [2.24, 2.45) is 0 Å². The summed E-state index contributed by atoms with van der Waals surface area (Å²) in [6, 6.07) is 0. The van der Waals surface area contributed by atoms with Gasteiger partial charge in [-0.05, 0) is 135 Å². The van der Waals surface area contributed by atoms with Crippen molar-refractivity contribution in [1.29, 1.82) is 0 Å². The maximum absolute atomic E-state index is 12.9. The van der Waals surface area contributed by atoms with Gasteiger partial charge in [0.25, 0.3) is 0 Å². The summed E-state index contributed by atoms with van der Waals surface area (Å²) in [5.41, 5.74) is 0.